The van der Waals surface area contributed by atoms with E-state index in [0.29, 0.717) is 24.6 Å². The van der Waals surface area contributed by atoms with E-state index in [-0.39, 0.29) is 33.0 Å². The number of benzene rings is 2. The van der Waals surface area contributed by atoms with Crippen LogP contribution >= 0.6 is 0 Å². The Balaban J connectivity index is 1.43. The van der Waals surface area contributed by atoms with Gasteiger partial charge in [-0.1, -0.05) is 18.9 Å². The number of amides is 1. The third kappa shape index (κ3) is 5.44. The van der Waals surface area contributed by atoms with Gasteiger partial charge in [0.05, 0.1) is 15.5 Å². The largest absolute Gasteiger partial charge is 0.403 e. The maximum absolute atomic E-state index is 12.9. The predicted octanol–water partition coefficient (Wildman–Crippen LogP) is 3.20. The zero-order valence-corrected chi connectivity index (χ0v) is 21.0. The lowest BCUT2D eigenvalue weighted by atomic mass is 10.0. The van der Waals surface area contributed by atoms with Crippen molar-refractivity contribution in [3.05, 3.63) is 54.1 Å². The second-order valence-corrected chi connectivity index (χ2v) is 12.6. The van der Waals surface area contributed by atoms with Crippen LogP contribution in [-0.2, 0) is 19.9 Å². The van der Waals surface area contributed by atoms with Crippen LogP contribution in [0.25, 0.3) is 11.5 Å². The SMILES string of the molecule is CCS(=O)(=O)c1ccc(-c2nnc(NC(=O)c3ccc(S(=O)(=O)N4CCCC(C)C4)cc3)o2)cc1. The molecular weight excluding hydrogens is 492 g/mol. The molecule has 1 unspecified atom stereocenters. The fraction of sp³-hybridized carbons (Fsp3) is 0.348. The van der Waals surface area contributed by atoms with Gasteiger partial charge in [0.25, 0.3) is 5.91 Å². The highest BCUT2D eigenvalue weighted by Crippen LogP contribution is 2.25. The van der Waals surface area contributed by atoms with Crippen molar-refractivity contribution >= 4 is 31.8 Å². The molecule has 2 heterocycles. The first-order valence-corrected chi connectivity index (χ1v) is 14.3. The van der Waals surface area contributed by atoms with Gasteiger partial charge in [0.1, 0.15) is 0 Å². The number of nitrogens with one attached hydrogen (secondary N) is 1. The lowest BCUT2D eigenvalue weighted by molar-refractivity contribution is 0.102. The van der Waals surface area contributed by atoms with Crippen molar-refractivity contribution in [1.82, 2.24) is 14.5 Å². The third-order valence-corrected chi connectivity index (χ3v) is 9.49. The van der Waals surface area contributed by atoms with Crippen molar-refractivity contribution in [3.8, 4) is 11.5 Å². The van der Waals surface area contributed by atoms with E-state index in [4.69, 9.17) is 4.42 Å². The number of piperidine rings is 1. The normalized spacial score (nSPS) is 17.3. The first kappa shape index (κ1) is 25.0. The van der Waals surface area contributed by atoms with Gasteiger partial charge in [0.2, 0.25) is 15.9 Å². The Bertz CT molecular complexity index is 1420. The van der Waals surface area contributed by atoms with E-state index >= 15 is 0 Å². The number of aromatic nitrogens is 2. The lowest BCUT2D eigenvalue weighted by Crippen LogP contribution is -2.39. The molecule has 1 saturated heterocycles. The summed E-state index contributed by atoms with van der Waals surface area (Å²) in [6, 6.07) is 11.5. The monoisotopic (exact) mass is 518 g/mol. The second kappa shape index (κ2) is 9.88. The Morgan fingerprint density at radius 1 is 1.03 bits per heavy atom. The van der Waals surface area contributed by atoms with Crippen molar-refractivity contribution in [1.29, 1.82) is 0 Å². The quantitative estimate of drug-likeness (QED) is 0.503. The number of anilines is 1. The molecule has 10 nitrogen and oxygen atoms in total. The van der Waals surface area contributed by atoms with Gasteiger partial charge in [0, 0.05) is 24.2 Å². The van der Waals surface area contributed by atoms with Crippen LogP contribution < -0.4 is 5.32 Å². The van der Waals surface area contributed by atoms with Gasteiger partial charge in [-0.05, 0) is 67.3 Å². The summed E-state index contributed by atoms with van der Waals surface area (Å²) in [5.74, 6) is -0.128. The molecule has 12 heteroatoms. The zero-order chi connectivity index (χ0) is 25.2. The molecule has 1 aliphatic heterocycles. The maximum Gasteiger partial charge on any atom is 0.322 e. The molecule has 0 spiro atoms. The summed E-state index contributed by atoms with van der Waals surface area (Å²) in [5, 5.41) is 10.2. The number of carbonyl (C=O) groups is 1. The summed E-state index contributed by atoms with van der Waals surface area (Å²) < 4.78 is 56.6. The first-order chi connectivity index (χ1) is 16.6. The molecule has 1 atom stereocenters. The Morgan fingerprint density at radius 3 is 2.31 bits per heavy atom. The average Bonchev–Trinajstić information content (AvgIpc) is 3.32. The van der Waals surface area contributed by atoms with Crippen molar-refractivity contribution in [2.75, 3.05) is 24.2 Å². The molecule has 1 fully saturated rings. The van der Waals surface area contributed by atoms with Crippen LogP contribution in [0.5, 0.6) is 0 Å². The fourth-order valence-electron chi connectivity index (χ4n) is 3.82. The molecule has 186 valence electrons. The van der Waals surface area contributed by atoms with Crippen molar-refractivity contribution in [3.63, 3.8) is 0 Å². The van der Waals surface area contributed by atoms with Crippen LogP contribution in [0.15, 0.2) is 62.7 Å². The van der Waals surface area contributed by atoms with E-state index < -0.39 is 25.8 Å². The van der Waals surface area contributed by atoms with Crippen LogP contribution in [-0.4, -0.2) is 56.1 Å². The molecule has 35 heavy (non-hydrogen) atoms. The molecule has 0 radical (unpaired) electrons. The molecule has 2 aromatic carbocycles. The summed E-state index contributed by atoms with van der Waals surface area (Å²) >= 11 is 0. The van der Waals surface area contributed by atoms with Gasteiger partial charge in [-0.2, -0.15) is 4.31 Å². The predicted molar refractivity (Wildman–Crippen MR) is 129 cm³/mol. The Kier molecular flexibility index (Phi) is 7.06. The Hall–Kier alpha value is -3.09. The third-order valence-electron chi connectivity index (χ3n) is 5.86. The van der Waals surface area contributed by atoms with Gasteiger partial charge in [-0.3, -0.25) is 10.1 Å². The molecule has 0 saturated carbocycles. The number of sulfonamides is 1. The van der Waals surface area contributed by atoms with Gasteiger partial charge in [-0.15, -0.1) is 5.10 Å². The summed E-state index contributed by atoms with van der Waals surface area (Å²) in [7, 11) is -6.94. The summed E-state index contributed by atoms with van der Waals surface area (Å²) in [6.07, 6.45) is 1.84. The maximum atomic E-state index is 12.9. The van der Waals surface area contributed by atoms with Gasteiger partial charge in [-0.25, -0.2) is 16.8 Å². The van der Waals surface area contributed by atoms with Crippen LogP contribution in [0, 0.1) is 5.92 Å². The number of hydrogen-bond donors (Lipinski definition) is 1. The molecule has 1 aliphatic rings. The zero-order valence-electron chi connectivity index (χ0n) is 19.3. The number of hydrogen-bond acceptors (Lipinski definition) is 8. The molecule has 4 rings (SSSR count). The summed E-state index contributed by atoms with van der Waals surface area (Å²) in [5.41, 5.74) is 0.722. The molecule has 1 aromatic heterocycles. The van der Waals surface area contributed by atoms with Gasteiger partial charge < -0.3 is 4.42 Å². The molecule has 0 bridgehead atoms. The summed E-state index contributed by atoms with van der Waals surface area (Å²) in [6.45, 7) is 4.58. The van der Waals surface area contributed by atoms with Gasteiger partial charge in [0.15, 0.2) is 9.84 Å². The Morgan fingerprint density at radius 2 is 1.69 bits per heavy atom. The van der Waals surface area contributed by atoms with Crippen LogP contribution in [0.3, 0.4) is 0 Å². The molecular formula is C23H26N4O6S2. The average molecular weight is 519 g/mol. The Labute approximate surface area is 204 Å². The fourth-order valence-corrected chi connectivity index (χ4v) is 6.31. The van der Waals surface area contributed by atoms with E-state index in [2.05, 4.69) is 15.5 Å². The molecule has 0 aliphatic carbocycles. The van der Waals surface area contributed by atoms with Crippen LogP contribution in [0.1, 0.15) is 37.0 Å². The van der Waals surface area contributed by atoms with Crippen LogP contribution in [0.2, 0.25) is 0 Å². The molecule has 3 aromatic rings. The second-order valence-electron chi connectivity index (χ2n) is 8.43. The van der Waals surface area contributed by atoms with E-state index in [0.717, 1.165) is 12.8 Å². The minimum atomic E-state index is -3.61. The number of nitrogens with zero attached hydrogens (tertiary/aromatic N) is 3. The van der Waals surface area contributed by atoms with Crippen molar-refractivity contribution in [2.24, 2.45) is 5.92 Å². The highest BCUT2D eigenvalue weighted by molar-refractivity contribution is 7.91. The minimum absolute atomic E-state index is 0.00649. The minimum Gasteiger partial charge on any atom is -0.403 e. The van der Waals surface area contributed by atoms with E-state index in [1.54, 1.807) is 19.1 Å². The molecule has 1 N–H and O–H groups in total. The van der Waals surface area contributed by atoms with Crippen molar-refractivity contribution in [2.45, 2.75) is 36.5 Å². The van der Waals surface area contributed by atoms with E-state index in [1.165, 1.54) is 40.7 Å². The number of carbonyl (C=O) groups excluding carboxylic acids is 1. The highest BCUT2D eigenvalue weighted by Gasteiger charge is 2.28. The van der Waals surface area contributed by atoms with Gasteiger partial charge >= 0.3 is 6.01 Å². The van der Waals surface area contributed by atoms with Crippen molar-refractivity contribution < 1.29 is 26.0 Å². The van der Waals surface area contributed by atoms with E-state index in [1.807, 2.05) is 6.92 Å². The highest BCUT2D eigenvalue weighted by atomic mass is 32.2. The number of sulfone groups is 1. The smallest absolute Gasteiger partial charge is 0.322 e. The number of rotatable bonds is 7. The van der Waals surface area contributed by atoms with E-state index in [9.17, 15) is 21.6 Å². The lowest BCUT2D eigenvalue weighted by Gasteiger charge is -2.30. The first-order valence-electron chi connectivity index (χ1n) is 11.2. The van der Waals surface area contributed by atoms with Crippen LogP contribution in [0.4, 0.5) is 6.01 Å². The molecule has 1 amide bonds. The standard InChI is InChI=1S/C23H26N4O6S2/c1-3-34(29,30)19-10-8-18(9-11-19)22-25-26-23(33-22)24-21(28)17-6-12-20(13-7-17)35(31,32)27-14-4-5-16(2)15-27/h6-13,16H,3-5,14-15H2,1-2H3,(H,24,26,28). The topological polar surface area (TPSA) is 140 Å². The summed E-state index contributed by atoms with van der Waals surface area (Å²) in [4.78, 5) is 12.9.